The summed E-state index contributed by atoms with van der Waals surface area (Å²) in [6.07, 6.45) is 0.118. The lowest BCUT2D eigenvalue weighted by atomic mass is 10.1. The molecule has 0 atom stereocenters. The maximum Gasteiger partial charge on any atom is 0.240 e. The second-order valence-electron chi connectivity index (χ2n) is 4.89. The Bertz CT molecular complexity index is 586. The van der Waals surface area contributed by atoms with E-state index in [4.69, 9.17) is 5.73 Å². The summed E-state index contributed by atoms with van der Waals surface area (Å²) in [7, 11) is -0.392. The summed E-state index contributed by atoms with van der Waals surface area (Å²) in [6, 6.07) is 3.00. The third kappa shape index (κ3) is 3.94. The third-order valence-corrected chi connectivity index (χ3v) is 4.56. The fraction of sp³-hybridized carbons (Fsp3) is 0.462. The molecule has 0 aliphatic rings. The van der Waals surface area contributed by atoms with Crippen LogP contribution in [0, 0.1) is 13.8 Å². The first-order chi connectivity index (χ1) is 9.15. The summed E-state index contributed by atoms with van der Waals surface area (Å²) >= 11 is 0. The van der Waals surface area contributed by atoms with Crippen molar-refractivity contribution in [2.24, 2.45) is 0 Å². The SMILES string of the molecule is Cc1cc(S(=O)(=O)NCCC(=O)N(C)C)cc(N)c1C. The van der Waals surface area contributed by atoms with Crippen molar-refractivity contribution < 1.29 is 13.2 Å². The van der Waals surface area contributed by atoms with Crippen LogP contribution in [0.5, 0.6) is 0 Å². The van der Waals surface area contributed by atoms with Gasteiger partial charge in [0.25, 0.3) is 0 Å². The monoisotopic (exact) mass is 299 g/mol. The number of amides is 1. The highest BCUT2D eigenvalue weighted by atomic mass is 32.2. The van der Waals surface area contributed by atoms with Crippen molar-refractivity contribution in [2.75, 3.05) is 26.4 Å². The number of aryl methyl sites for hydroxylation is 1. The molecule has 1 aromatic rings. The summed E-state index contributed by atoms with van der Waals surface area (Å²) in [4.78, 5) is 12.9. The van der Waals surface area contributed by atoms with Crippen LogP contribution in [0.3, 0.4) is 0 Å². The summed E-state index contributed by atoms with van der Waals surface area (Å²) in [5, 5.41) is 0. The van der Waals surface area contributed by atoms with Gasteiger partial charge in [-0.1, -0.05) is 0 Å². The van der Waals surface area contributed by atoms with E-state index >= 15 is 0 Å². The van der Waals surface area contributed by atoms with Crippen molar-refractivity contribution in [1.82, 2.24) is 9.62 Å². The van der Waals surface area contributed by atoms with Crippen LogP contribution in [0.15, 0.2) is 17.0 Å². The number of hydrogen-bond acceptors (Lipinski definition) is 4. The van der Waals surface area contributed by atoms with Crippen LogP contribution < -0.4 is 10.5 Å². The Hall–Kier alpha value is -1.60. The average Bonchev–Trinajstić information content (AvgIpc) is 2.34. The molecule has 0 bridgehead atoms. The Morgan fingerprint density at radius 3 is 2.40 bits per heavy atom. The van der Waals surface area contributed by atoms with E-state index in [0.717, 1.165) is 11.1 Å². The van der Waals surface area contributed by atoms with E-state index in [-0.39, 0.29) is 23.8 Å². The summed E-state index contributed by atoms with van der Waals surface area (Å²) in [5.41, 5.74) is 7.90. The second-order valence-corrected chi connectivity index (χ2v) is 6.66. The molecule has 1 amide bonds. The molecule has 0 aliphatic carbocycles. The van der Waals surface area contributed by atoms with Crippen molar-refractivity contribution in [3.63, 3.8) is 0 Å². The minimum Gasteiger partial charge on any atom is -0.398 e. The van der Waals surface area contributed by atoms with Gasteiger partial charge in [0.1, 0.15) is 0 Å². The van der Waals surface area contributed by atoms with Gasteiger partial charge in [0.05, 0.1) is 4.90 Å². The molecule has 0 radical (unpaired) electrons. The number of rotatable bonds is 5. The van der Waals surface area contributed by atoms with E-state index < -0.39 is 10.0 Å². The fourth-order valence-electron chi connectivity index (χ4n) is 1.61. The van der Waals surface area contributed by atoms with Gasteiger partial charge in [0.2, 0.25) is 15.9 Å². The zero-order valence-electron chi connectivity index (χ0n) is 12.2. The topological polar surface area (TPSA) is 92.5 Å². The highest BCUT2D eigenvalue weighted by Crippen LogP contribution is 2.21. The van der Waals surface area contributed by atoms with Gasteiger partial charge in [-0.05, 0) is 37.1 Å². The standard InChI is InChI=1S/C13H21N3O3S/c1-9-7-11(8-12(14)10(9)2)20(18,19)15-6-5-13(17)16(3)4/h7-8,15H,5-6,14H2,1-4H3. The summed E-state index contributed by atoms with van der Waals surface area (Å²) in [6.45, 7) is 3.71. The van der Waals surface area contributed by atoms with Gasteiger partial charge < -0.3 is 10.6 Å². The zero-order valence-corrected chi connectivity index (χ0v) is 13.0. The van der Waals surface area contributed by atoms with Gasteiger partial charge in [-0.3, -0.25) is 4.79 Å². The predicted octanol–water partition coefficient (Wildman–Crippen LogP) is 0.642. The molecule has 1 aromatic carbocycles. The van der Waals surface area contributed by atoms with E-state index in [2.05, 4.69) is 4.72 Å². The lowest BCUT2D eigenvalue weighted by Gasteiger charge is -2.12. The molecule has 7 heteroatoms. The summed E-state index contributed by atoms with van der Waals surface area (Å²) in [5.74, 6) is -0.132. The second kappa shape index (κ2) is 6.23. The van der Waals surface area contributed by atoms with Crippen molar-refractivity contribution in [3.8, 4) is 0 Å². The Kier molecular flexibility index (Phi) is 5.13. The molecule has 112 valence electrons. The van der Waals surface area contributed by atoms with E-state index in [1.54, 1.807) is 27.1 Å². The number of nitrogens with one attached hydrogen (secondary N) is 1. The van der Waals surface area contributed by atoms with Crippen LogP contribution in [0.25, 0.3) is 0 Å². The average molecular weight is 299 g/mol. The van der Waals surface area contributed by atoms with Crippen molar-refractivity contribution in [1.29, 1.82) is 0 Å². The fourth-order valence-corrected chi connectivity index (χ4v) is 2.76. The first kappa shape index (κ1) is 16.5. The quantitative estimate of drug-likeness (QED) is 0.780. The zero-order chi connectivity index (χ0) is 15.5. The number of benzene rings is 1. The molecular formula is C13H21N3O3S. The van der Waals surface area contributed by atoms with Crippen LogP contribution in [-0.2, 0) is 14.8 Å². The van der Waals surface area contributed by atoms with Gasteiger partial charge in [0.15, 0.2) is 0 Å². The third-order valence-electron chi connectivity index (χ3n) is 3.12. The molecule has 3 N–H and O–H groups in total. The molecule has 20 heavy (non-hydrogen) atoms. The van der Waals surface area contributed by atoms with Crippen LogP contribution >= 0.6 is 0 Å². The van der Waals surface area contributed by atoms with E-state index in [0.29, 0.717) is 5.69 Å². The van der Waals surface area contributed by atoms with Crippen LogP contribution in [0.2, 0.25) is 0 Å². The van der Waals surface area contributed by atoms with Gasteiger partial charge >= 0.3 is 0 Å². The van der Waals surface area contributed by atoms with Gasteiger partial charge in [-0.25, -0.2) is 13.1 Å². The summed E-state index contributed by atoms with van der Waals surface area (Å²) < 4.78 is 26.6. The van der Waals surface area contributed by atoms with Crippen LogP contribution in [0.1, 0.15) is 17.5 Å². The van der Waals surface area contributed by atoms with Crippen LogP contribution in [-0.4, -0.2) is 39.9 Å². The molecule has 0 aliphatic heterocycles. The number of carbonyl (C=O) groups is 1. The minimum atomic E-state index is -3.64. The van der Waals surface area contributed by atoms with Crippen LogP contribution in [0.4, 0.5) is 5.69 Å². The highest BCUT2D eigenvalue weighted by Gasteiger charge is 2.16. The lowest BCUT2D eigenvalue weighted by Crippen LogP contribution is -2.30. The molecule has 0 saturated carbocycles. The first-order valence-corrected chi connectivity index (χ1v) is 7.70. The number of anilines is 1. The molecular weight excluding hydrogens is 278 g/mol. The van der Waals surface area contributed by atoms with Crippen molar-refractivity contribution in [3.05, 3.63) is 23.3 Å². The molecule has 0 heterocycles. The molecule has 0 saturated heterocycles. The number of nitrogens with zero attached hydrogens (tertiary/aromatic N) is 1. The Balaban J connectivity index is 2.82. The number of sulfonamides is 1. The smallest absolute Gasteiger partial charge is 0.240 e. The number of nitrogen functional groups attached to an aromatic ring is 1. The highest BCUT2D eigenvalue weighted by molar-refractivity contribution is 7.89. The molecule has 0 fully saturated rings. The number of nitrogens with two attached hydrogens (primary N) is 1. The normalized spacial score (nSPS) is 11.4. The van der Waals surface area contributed by atoms with Gasteiger partial charge in [-0.2, -0.15) is 0 Å². The lowest BCUT2D eigenvalue weighted by molar-refractivity contribution is -0.128. The molecule has 1 rings (SSSR count). The van der Waals surface area contributed by atoms with Gasteiger partial charge in [-0.15, -0.1) is 0 Å². The maximum absolute atomic E-state index is 12.1. The first-order valence-electron chi connectivity index (χ1n) is 6.21. The number of carbonyl (C=O) groups excluding carboxylic acids is 1. The van der Waals surface area contributed by atoms with E-state index in [1.165, 1.54) is 11.0 Å². The maximum atomic E-state index is 12.1. The Labute approximate surface area is 120 Å². The van der Waals surface area contributed by atoms with Gasteiger partial charge in [0, 0.05) is 32.7 Å². The van der Waals surface area contributed by atoms with Crippen molar-refractivity contribution in [2.45, 2.75) is 25.2 Å². The largest absolute Gasteiger partial charge is 0.398 e. The minimum absolute atomic E-state index is 0.0617. The van der Waals surface area contributed by atoms with E-state index in [1.807, 2.05) is 6.92 Å². The Morgan fingerprint density at radius 1 is 1.30 bits per heavy atom. The van der Waals surface area contributed by atoms with E-state index in [9.17, 15) is 13.2 Å². The molecule has 0 aromatic heterocycles. The predicted molar refractivity (Wildman–Crippen MR) is 78.8 cm³/mol. The Morgan fingerprint density at radius 2 is 1.90 bits per heavy atom. The molecule has 6 nitrogen and oxygen atoms in total. The molecule has 0 spiro atoms. The number of hydrogen-bond donors (Lipinski definition) is 2. The van der Waals surface area contributed by atoms with Crippen molar-refractivity contribution >= 4 is 21.6 Å². The molecule has 0 unspecified atom stereocenters.